The molecule has 0 aliphatic rings. The number of azide groups is 1. The van der Waals surface area contributed by atoms with Gasteiger partial charge in [-0.2, -0.15) is 0 Å². The van der Waals surface area contributed by atoms with Gasteiger partial charge in [0.25, 0.3) is 11.8 Å². The number of rotatable bonds is 4. The topological polar surface area (TPSA) is 258 Å². The highest BCUT2D eigenvalue weighted by molar-refractivity contribution is 7.21. The van der Waals surface area contributed by atoms with E-state index in [4.69, 9.17) is 21.2 Å². The number of hydrazine groups is 2. The van der Waals surface area contributed by atoms with Crippen LogP contribution in [0.15, 0.2) is 77.9 Å². The summed E-state index contributed by atoms with van der Waals surface area (Å²) in [5, 5.41) is 11.6. The number of amides is 2. The average Bonchev–Trinajstić information content (AvgIpc) is 3.83. The van der Waals surface area contributed by atoms with Crippen LogP contribution < -0.4 is 23.0 Å². The number of aromatic nitrogens is 3. The van der Waals surface area contributed by atoms with Crippen LogP contribution in [0.2, 0.25) is 0 Å². The first-order valence-electron chi connectivity index (χ1n) is 13.1. The monoisotopic (exact) mass is 682 g/mol. The smallest absolute Gasteiger partial charge is 0.367 e. The number of para-hydroxylation sites is 3. The third-order valence-electron chi connectivity index (χ3n) is 4.98. The molecule has 0 saturated carbocycles. The number of benzene rings is 3. The number of aliphatic hydroxyl groups is 1. The Kier molecular flexibility index (Phi) is 16.4. The van der Waals surface area contributed by atoms with Gasteiger partial charge in [0, 0.05) is 11.5 Å². The molecule has 3 heterocycles. The van der Waals surface area contributed by atoms with Crippen molar-refractivity contribution in [2.45, 2.75) is 13.8 Å². The van der Waals surface area contributed by atoms with Gasteiger partial charge in [-0.3, -0.25) is 26.7 Å². The number of aliphatic hydroxyl groups excluding tert-OH is 1. The van der Waals surface area contributed by atoms with Crippen LogP contribution >= 0.6 is 34.0 Å². The Morgan fingerprint density at radius 2 is 1.20 bits per heavy atom. The molecule has 0 aliphatic carbocycles. The second-order valence-electron chi connectivity index (χ2n) is 7.96. The van der Waals surface area contributed by atoms with E-state index in [1.807, 2.05) is 66.7 Å². The zero-order valence-corrected chi connectivity index (χ0v) is 27.0. The first kappa shape index (κ1) is 37.3. The second kappa shape index (κ2) is 20.2. The second-order valence-corrected chi connectivity index (χ2v) is 11.1. The summed E-state index contributed by atoms with van der Waals surface area (Å²) < 4.78 is 7.77. The number of fused-ring (bicyclic) bond motifs is 3. The van der Waals surface area contributed by atoms with Crippen molar-refractivity contribution < 1.29 is 24.2 Å². The van der Waals surface area contributed by atoms with Gasteiger partial charge in [0.15, 0.2) is 10.0 Å². The molecule has 46 heavy (non-hydrogen) atoms. The lowest BCUT2D eigenvalue weighted by atomic mass is 10.3. The van der Waals surface area contributed by atoms with Crippen molar-refractivity contribution >= 4 is 82.4 Å². The van der Waals surface area contributed by atoms with Crippen LogP contribution in [0, 0.1) is 0 Å². The molecular formula is C28H30N10O5S3. The summed E-state index contributed by atoms with van der Waals surface area (Å²) in [6, 6.07) is 22.6. The van der Waals surface area contributed by atoms with Gasteiger partial charge in [-0.05, 0) is 60.9 Å². The molecule has 0 atom stereocenters. The highest BCUT2D eigenvalue weighted by Gasteiger charge is 2.12. The van der Waals surface area contributed by atoms with Crippen LogP contribution in [0.5, 0.6) is 0 Å². The fourth-order valence-electron chi connectivity index (χ4n) is 3.23. The number of carbonyl (C=O) groups excluding carboxylic acids is 3. The van der Waals surface area contributed by atoms with Crippen molar-refractivity contribution in [1.82, 2.24) is 20.4 Å². The van der Waals surface area contributed by atoms with Crippen molar-refractivity contribution in [1.29, 1.82) is 0 Å². The summed E-state index contributed by atoms with van der Waals surface area (Å²) in [5.74, 6) is 11.7. The normalized spacial score (nSPS) is 9.52. The predicted octanol–water partition coefficient (Wildman–Crippen LogP) is 4.94. The molecule has 3 aromatic carbocycles. The Labute approximate surface area is 274 Å². The number of hydrogen-bond donors (Lipinski definition) is 5. The Morgan fingerprint density at radius 3 is 1.61 bits per heavy atom. The molecule has 8 N–H and O–H groups in total. The quantitative estimate of drug-likeness (QED) is 0.0316. The van der Waals surface area contributed by atoms with Crippen molar-refractivity contribution in [2.24, 2.45) is 22.6 Å². The number of nitrogens with zero attached hydrogens (tertiary/aromatic N) is 6. The minimum atomic E-state index is -0.631. The van der Waals surface area contributed by atoms with Crippen molar-refractivity contribution in [3.8, 4) is 0 Å². The maximum Gasteiger partial charge on any atom is 0.367 e. The van der Waals surface area contributed by atoms with E-state index in [1.165, 1.54) is 34.0 Å². The van der Waals surface area contributed by atoms with Crippen LogP contribution in [-0.2, 0) is 4.74 Å². The molecule has 0 saturated heterocycles. The highest BCUT2D eigenvalue weighted by atomic mass is 32.1. The molecule has 0 spiro atoms. The first-order chi connectivity index (χ1) is 22.3. The Hall–Kier alpha value is -4.91. The van der Waals surface area contributed by atoms with Gasteiger partial charge in [-0.25, -0.2) is 25.6 Å². The van der Waals surface area contributed by atoms with E-state index >= 15 is 0 Å². The number of hydrogen-bond acceptors (Lipinski definition) is 14. The largest absolute Gasteiger partial charge is 0.461 e. The van der Waals surface area contributed by atoms with Gasteiger partial charge in [-0.1, -0.05) is 36.4 Å². The molecule has 0 unspecified atom stereocenters. The zero-order chi connectivity index (χ0) is 33.9. The van der Waals surface area contributed by atoms with Crippen molar-refractivity contribution in [3.63, 3.8) is 0 Å². The van der Waals surface area contributed by atoms with Gasteiger partial charge in [0.1, 0.15) is 0 Å². The number of esters is 1. The fourth-order valence-corrected chi connectivity index (χ4v) is 5.80. The van der Waals surface area contributed by atoms with Gasteiger partial charge in [0.05, 0.1) is 37.3 Å². The zero-order valence-electron chi connectivity index (χ0n) is 24.6. The lowest BCUT2D eigenvalue weighted by Crippen LogP contribution is -2.29. The molecule has 0 bridgehead atoms. The number of ether oxygens (including phenoxy) is 1. The summed E-state index contributed by atoms with van der Waals surface area (Å²) in [6.45, 7) is 4.10. The average molecular weight is 683 g/mol. The van der Waals surface area contributed by atoms with Crippen molar-refractivity contribution in [3.05, 3.63) is 98.3 Å². The van der Waals surface area contributed by atoms with E-state index in [9.17, 15) is 14.4 Å². The summed E-state index contributed by atoms with van der Waals surface area (Å²) in [4.78, 5) is 48.3. The molecule has 3 aromatic heterocycles. The molecule has 0 aliphatic heterocycles. The third kappa shape index (κ3) is 10.9. The van der Waals surface area contributed by atoms with E-state index in [1.54, 1.807) is 19.9 Å². The maximum absolute atomic E-state index is 11.3. The summed E-state index contributed by atoms with van der Waals surface area (Å²) in [6.07, 6.45) is 0. The van der Waals surface area contributed by atoms with E-state index in [0.717, 1.165) is 30.6 Å². The Balaban J connectivity index is 0.000000224. The van der Waals surface area contributed by atoms with Gasteiger partial charge in [-0.15, -0.1) is 34.0 Å². The fraction of sp³-hybridized carbons (Fsp3) is 0.143. The van der Waals surface area contributed by atoms with E-state index in [2.05, 4.69) is 42.1 Å². The Morgan fingerprint density at radius 1 is 0.804 bits per heavy atom. The van der Waals surface area contributed by atoms with Crippen LogP contribution in [0.1, 0.15) is 43.3 Å². The number of nitrogens with two attached hydrogens (primary N) is 3. The SMILES string of the molecule is CCO.CCOC(=O)c1nc2ccccc2s1.NN.NNC(=O)c1nc2ccccc2s1.[N-]=[N+]=NC(=O)c1nc2ccccc2s1. The molecule has 6 aromatic rings. The van der Waals surface area contributed by atoms with E-state index in [0.29, 0.717) is 16.6 Å². The molecule has 15 nitrogen and oxygen atoms in total. The third-order valence-corrected chi connectivity index (χ3v) is 8.05. The molecule has 18 heteroatoms. The summed E-state index contributed by atoms with van der Waals surface area (Å²) in [5.41, 5.74) is 12.6. The van der Waals surface area contributed by atoms with Gasteiger partial charge >= 0.3 is 5.97 Å². The highest BCUT2D eigenvalue weighted by Crippen LogP contribution is 2.23. The minimum absolute atomic E-state index is 0.226. The minimum Gasteiger partial charge on any atom is -0.461 e. The molecule has 6 rings (SSSR count). The molecule has 0 radical (unpaired) electrons. The molecule has 0 fully saturated rings. The van der Waals surface area contributed by atoms with Gasteiger partial charge in [0.2, 0.25) is 5.01 Å². The lowest BCUT2D eigenvalue weighted by molar-refractivity contribution is 0.0526. The summed E-state index contributed by atoms with van der Waals surface area (Å²) in [7, 11) is 0. The van der Waals surface area contributed by atoms with Crippen LogP contribution in [0.4, 0.5) is 0 Å². The van der Waals surface area contributed by atoms with E-state index in [-0.39, 0.29) is 23.5 Å². The number of nitrogens with one attached hydrogen (secondary N) is 1. The number of nitrogen functional groups attached to an aromatic ring is 1. The van der Waals surface area contributed by atoms with Crippen LogP contribution in [0.3, 0.4) is 0 Å². The lowest BCUT2D eigenvalue weighted by Gasteiger charge is -1.94. The van der Waals surface area contributed by atoms with E-state index < -0.39 is 5.91 Å². The van der Waals surface area contributed by atoms with Crippen LogP contribution in [-0.4, -0.2) is 51.1 Å². The Bertz CT molecular complexity index is 1820. The summed E-state index contributed by atoms with van der Waals surface area (Å²) >= 11 is 3.91. The maximum atomic E-state index is 11.3. The van der Waals surface area contributed by atoms with Gasteiger partial charge < -0.3 is 9.84 Å². The molecule has 240 valence electrons. The standard InChI is InChI=1S/C10H9NO2S.C8H4N4OS.C8H7N3OS.C2H6O.H4N2/c1-2-13-10(12)9-11-7-5-3-4-6-8(7)14-9;9-12-11-7(13)8-10-5-3-1-2-4-6(5)14-8;9-11-7(12)8-10-5-3-1-2-4-6(5)13-8;1-2-3;1-2/h3-6H,2H2,1H3;1-4H;1-4H,9H2,(H,11,12);3H,2H2,1H3;1-2H2. The predicted molar refractivity (Wildman–Crippen MR) is 181 cm³/mol. The van der Waals surface area contributed by atoms with Crippen LogP contribution in [0.25, 0.3) is 41.1 Å². The first-order valence-corrected chi connectivity index (χ1v) is 15.6. The number of carbonyl (C=O) groups is 3. The van der Waals surface area contributed by atoms with Crippen molar-refractivity contribution in [2.75, 3.05) is 13.2 Å². The number of thiazole rings is 3. The molecular weight excluding hydrogens is 653 g/mol. The molecule has 2 amide bonds.